The molecule has 0 atom stereocenters. The lowest BCUT2D eigenvalue weighted by atomic mass is 9.79. The Morgan fingerprint density at radius 1 is 0.541 bits per heavy atom. The number of ether oxygens (including phenoxy) is 9. The van der Waals surface area contributed by atoms with Crippen LogP contribution in [0, 0.1) is 0 Å². The van der Waals surface area contributed by atoms with Crippen molar-refractivity contribution in [3.63, 3.8) is 0 Å². The van der Waals surface area contributed by atoms with Crippen LogP contribution in [0.3, 0.4) is 0 Å². The van der Waals surface area contributed by atoms with Gasteiger partial charge >= 0.3 is 7.12 Å². The number of nitrogens with one attached hydrogen (secondary N) is 2. The van der Waals surface area contributed by atoms with Crippen LogP contribution in [0.5, 0.6) is 5.75 Å². The van der Waals surface area contributed by atoms with E-state index in [1.54, 1.807) is 0 Å². The van der Waals surface area contributed by atoms with Gasteiger partial charge in [0, 0.05) is 44.6 Å². The summed E-state index contributed by atoms with van der Waals surface area (Å²) in [5.74, 6) is -0.315. The molecule has 4 amide bonds. The maximum Gasteiger partial charge on any atom is 0.494 e. The second-order valence-electron chi connectivity index (χ2n) is 15.0. The van der Waals surface area contributed by atoms with E-state index in [1.807, 2.05) is 52.0 Å². The number of imide groups is 1. The van der Waals surface area contributed by atoms with Crippen LogP contribution in [0.25, 0.3) is 0 Å². The molecule has 0 aromatic heterocycles. The van der Waals surface area contributed by atoms with Crippen molar-refractivity contribution in [3.8, 4) is 5.75 Å². The zero-order valence-electron chi connectivity index (χ0n) is 36.6. The lowest BCUT2D eigenvalue weighted by Crippen LogP contribution is -2.41. The van der Waals surface area contributed by atoms with Crippen LogP contribution in [-0.4, -0.2) is 179 Å². The second-order valence-corrected chi connectivity index (χ2v) is 15.0. The minimum atomic E-state index is -0.401. The third-order valence-electron chi connectivity index (χ3n) is 9.68. The third kappa shape index (κ3) is 22.4. The van der Waals surface area contributed by atoms with Gasteiger partial charge in [-0.3, -0.25) is 24.1 Å². The predicted molar refractivity (Wildman–Crippen MR) is 225 cm³/mol. The fourth-order valence-corrected chi connectivity index (χ4v) is 5.46. The zero-order chi connectivity index (χ0) is 44.0. The molecule has 2 N–H and O–H groups in total. The summed E-state index contributed by atoms with van der Waals surface area (Å²) in [6.07, 6.45) is 4.37. The zero-order valence-corrected chi connectivity index (χ0v) is 36.6. The van der Waals surface area contributed by atoms with Crippen molar-refractivity contribution in [2.75, 3.05) is 132 Å². The molecule has 0 radical (unpaired) electrons. The van der Waals surface area contributed by atoms with Gasteiger partial charge in [-0.25, -0.2) is 0 Å². The Morgan fingerprint density at radius 2 is 0.951 bits per heavy atom. The number of amides is 4. The highest BCUT2D eigenvalue weighted by Crippen LogP contribution is 2.36. The molecule has 0 spiro atoms. The molecular formula is C42H68BN3O15. The van der Waals surface area contributed by atoms with E-state index in [4.69, 9.17) is 51.9 Å². The summed E-state index contributed by atoms with van der Waals surface area (Å²) in [6.45, 7) is 16.4. The SMILES string of the molecule is CC1(C)OB(c2ccc(OCCCCNC(=O)CCOCCOCCOCCOCCOCCOCCOCCOCCNC(=O)CCN3C(=O)C=CC3=O)cc2)OC1(C)C. The lowest BCUT2D eigenvalue weighted by molar-refractivity contribution is -0.137. The van der Waals surface area contributed by atoms with E-state index < -0.39 is 18.9 Å². The lowest BCUT2D eigenvalue weighted by Gasteiger charge is -2.32. The molecule has 1 saturated heterocycles. The Hall–Kier alpha value is -3.50. The minimum absolute atomic E-state index is 0.0418. The van der Waals surface area contributed by atoms with Gasteiger partial charge < -0.3 is 62.6 Å². The van der Waals surface area contributed by atoms with Crippen LogP contribution in [0.2, 0.25) is 0 Å². The largest absolute Gasteiger partial charge is 0.494 e. The van der Waals surface area contributed by atoms with E-state index in [0.717, 1.165) is 29.0 Å². The number of benzene rings is 1. The first-order chi connectivity index (χ1) is 29.5. The molecule has 1 fully saturated rings. The van der Waals surface area contributed by atoms with Crippen molar-refractivity contribution in [2.45, 2.75) is 64.6 Å². The Labute approximate surface area is 361 Å². The molecule has 0 aliphatic carbocycles. The van der Waals surface area contributed by atoms with Gasteiger partial charge in [0.05, 0.1) is 124 Å². The number of hydrogen-bond donors (Lipinski definition) is 2. The Balaban J connectivity index is 0.944. The Morgan fingerprint density at radius 3 is 1.43 bits per heavy atom. The molecule has 19 heteroatoms. The topological polar surface area (TPSA) is 197 Å². The van der Waals surface area contributed by atoms with Gasteiger partial charge in [-0.2, -0.15) is 0 Å². The molecule has 2 heterocycles. The van der Waals surface area contributed by atoms with Gasteiger partial charge in [0.25, 0.3) is 11.8 Å². The number of nitrogens with zero attached hydrogens (tertiary/aromatic N) is 1. The maximum absolute atomic E-state index is 12.1. The van der Waals surface area contributed by atoms with Crippen molar-refractivity contribution in [3.05, 3.63) is 36.4 Å². The highest BCUT2D eigenvalue weighted by atomic mass is 16.7. The van der Waals surface area contributed by atoms with Gasteiger partial charge in [-0.05, 0) is 58.1 Å². The van der Waals surface area contributed by atoms with Gasteiger partial charge in [-0.1, -0.05) is 12.1 Å². The van der Waals surface area contributed by atoms with E-state index in [2.05, 4.69) is 10.6 Å². The summed E-state index contributed by atoms with van der Waals surface area (Å²) in [5.41, 5.74) is 0.205. The molecule has 2 aliphatic rings. The summed E-state index contributed by atoms with van der Waals surface area (Å²) in [4.78, 5) is 47.9. The van der Waals surface area contributed by atoms with E-state index >= 15 is 0 Å². The van der Waals surface area contributed by atoms with Crippen LogP contribution in [-0.2, 0) is 66.4 Å². The molecule has 0 bridgehead atoms. The smallest absolute Gasteiger partial charge is 0.494 e. The number of carbonyl (C=O) groups excluding carboxylic acids is 4. The van der Waals surface area contributed by atoms with Crippen LogP contribution in [0.4, 0.5) is 0 Å². The summed E-state index contributed by atoms with van der Waals surface area (Å²) in [5, 5.41) is 5.59. The van der Waals surface area contributed by atoms with Crippen LogP contribution < -0.4 is 20.8 Å². The molecule has 18 nitrogen and oxygen atoms in total. The van der Waals surface area contributed by atoms with Crippen molar-refractivity contribution < 1.29 is 71.1 Å². The minimum Gasteiger partial charge on any atom is -0.494 e. The number of rotatable bonds is 37. The average Bonchev–Trinajstić information content (AvgIpc) is 3.67. The average molecular weight is 866 g/mol. The third-order valence-corrected chi connectivity index (χ3v) is 9.68. The molecule has 0 saturated carbocycles. The monoisotopic (exact) mass is 865 g/mol. The predicted octanol–water partition coefficient (Wildman–Crippen LogP) is 1.22. The van der Waals surface area contributed by atoms with E-state index in [9.17, 15) is 19.2 Å². The molecule has 61 heavy (non-hydrogen) atoms. The van der Waals surface area contributed by atoms with Crippen LogP contribution in [0.1, 0.15) is 53.4 Å². The summed E-state index contributed by atoms with van der Waals surface area (Å²) >= 11 is 0. The number of unbranched alkanes of at least 4 members (excludes halogenated alkanes) is 1. The fourth-order valence-electron chi connectivity index (χ4n) is 5.46. The first kappa shape index (κ1) is 51.9. The van der Waals surface area contributed by atoms with Crippen molar-refractivity contribution in [1.29, 1.82) is 0 Å². The molecule has 1 aromatic rings. The second kappa shape index (κ2) is 30.5. The van der Waals surface area contributed by atoms with Gasteiger partial charge in [0.1, 0.15) is 5.75 Å². The van der Waals surface area contributed by atoms with Crippen molar-refractivity contribution in [2.24, 2.45) is 0 Å². The Bertz CT molecular complexity index is 1400. The van der Waals surface area contributed by atoms with Crippen molar-refractivity contribution in [1.82, 2.24) is 15.5 Å². The summed E-state index contributed by atoms with van der Waals surface area (Å²) in [7, 11) is -0.394. The fraction of sp³-hybridized carbons (Fsp3) is 0.714. The molecule has 3 rings (SSSR count). The number of hydrogen-bond acceptors (Lipinski definition) is 15. The standard InChI is InChI=1S/C42H68BN3O15/c1-41(2)42(3,4)61-43(60-41)35-7-9-36(10-8-35)59-18-6-5-15-44-38(48)14-19-51-21-23-53-25-27-55-29-31-57-33-34-58-32-30-56-28-26-54-24-22-52-20-16-45-37(47)13-17-46-39(49)11-12-40(46)50/h7-12H,5-6,13-34H2,1-4H3,(H,44,48)(H,45,47). The number of carbonyl (C=O) groups is 4. The maximum atomic E-state index is 12.1. The normalized spacial score (nSPS) is 15.5. The molecule has 1 aromatic carbocycles. The summed E-state index contributed by atoms with van der Waals surface area (Å²) in [6, 6.07) is 7.79. The van der Waals surface area contributed by atoms with Crippen molar-refractivity contribution >= 4 is 36.2 Å². The Kier molecular flexibility index (Phi) is 26.0. The first-order valence-corrected chi connectivity index (χ1v) is 21.3. The van der Waals surface area contributed by atoms with E-state index in [-0.39, 0.29) is 36.0 Å². The molecule has 2 aliphatic heterocycles. The molecular weight excluding hydrogens is 797 g/mol. The van der Waals surface area contributed by atoms with Gasteiger partial charge in [0.15, 0.2) is 0 Å². The van der Waals surface area contributed by atoms with Gasteiger partial charge in [-0.15, -0.1) is 0 Å². The molecule has 344 valence electrons. The molecule has 0 unspecified atom stereocenters. The van der Waals surface area contributed by atoms with E-state index in [0.29, 0.717) is 132 Å². The quantitative estimate of drug-likeness (QED) is 0.0550. The van der Waals surface area contributed by atoms with E-state index in [1.165, 1.54) is 12.2 Å². The highest BCUT2D eigenvalue weighted by Gasteiger charge is 2.51. The highest BCUT2D eigenvalue weighted by molar-refractivity contribution is 6.62. The van der Waals surface area contributed by atoms with Gasteiger partial charge in [0.2, 0.25) is 11.8 Å². The first-order valence-electron chi connectivity index (χ1n) is 21.3. The van der Waals surface area contributed by atoms with Crippen LogP contribution >= 0.6 is 0 Å². The summed E-state index contributed by atoms with van der Waals surface area (Å²) < 4.78 is 61.8. The van der Waals surface area contributed by atoms with Crippen LogP contribution in [0.15, 0.2) is 36.4 Å².